The molecule has 4 rings (SSSR count). The molecule has 4 saturated carbocycles. The highest BCUT2D eigenvalue weighted by molar-refractivity contribution is 5.79. The Bertz CT molecular complexity index is 2510. The zero-order chi connectivity index (χ0) is 72.0. The largest absolute Gasteiger partial charge is 0.481 e. The van der Waals surface area contributed by atoms with Gasteiger partial charge in [0, 0.05) is 75.5 Å². The number of nitrogens with one attached hydrogen (secondary N) is 4. The van der Waals surface area contributed by atoms with Crippen LogP contribution in [0.1, 0.15) is 199 Å². The zero-order valence-electron chi connectivity index (χ0n) is 57.8. The summed E-state index contributed by atoms with van der Waals surface area (Å²) in [6.07, 6.45) is 10.9. The van der Waals surface area contributed by atoms with Crippen molar-refractivity contribution in [3.05, 3.63) is 0 Å². The van der Waals surface area contributed by atoms with Gasteiger partial charge in [-0.3, -0.25) is 38.4 Å². The maximum atomic E-state index is 11.8. The number of rotatable bonds is 32. The van der Waals surface area contributed by atoms with Gasteiger partial charge in [-0.15, -0.1) is 0 Å². The Balaban J connectivity index is 0.000000627. The molecule has 30 heteroatoms. The van der Waals surface area contributed by atoms with Crippen LogP contribution in [0.3, 0.4) is 0 Å². The highest BCUT2D eigenvalue weighted by Crippen LogP contribution is 2.44. The van der Waals surface area contributed by atoms with Crippen LogP contribution in [0.15, 0.2) is 20.0 Å². The number of amides is 4. The van der Waals surface area contributed by atoms with Gasteiger partial charge in [0.2, 0.25) is 23.6 Å². The minimum atomic E-state index is -1.11. The van der Waals surface area contributed by atoms with Gasteiger partial charge in [0.15, 0.2) is 23.8 Å². The van der Waals surface area contributed by atoms with Crippen LogP contribution in [0.2, 0.25) is 0 Å². The lowest BCUT2D eigenvalue weighted by Crippen LogP contribution is -2.51. The maximum Gasteiger partial charge on any atom is 0.309 e. The third-order valence-electron chi connectivity index (χ3n) is 19.2. The van der Waals surface area contributed by atoms with Crippen molar-refractivity contribution in [3.63, 3.8) is 0 Å². The first-order valence-corrected chi connectivity index (χ1v) is 33.7. The first kappa shape index (κ1) is 84.8. The number of nitrogens with zero attached hydrogens (tertiary/aromatic N) is 4. The van der Waals surface area contributed by atoms with Gasteiger partial charge < -0.3 is 97.8 Å². The number of aliphatic imine (C=N–C) groups is 4. The highest BCUT2D eigenvalue weighted by atomic mass is 16.4. The molecule has 0 aliphatic heterocycles. The summed E-state index contributed by atoms with van der Waals surface area (Å²) >= 11 is 0. The average Bonchev–Trinajstić information content (AvgIpc) is 1.66. The van der Waals surface area contributed by atoms with Crippen molar-refractivity contribution in [2.75, 3.05) is 0 Å². The van der Waals surface area contributed by atoms with Crippen LogP contribution in [-0.2, 0) is 38.4 Å². The van der Waals surface area contributed by atoms with Crippen LogP contribution in [0.4, 0.5) is 0 Å². The summed E-state index contributed by atoms with van der Waals surface area (Å²) in [4.78, 5) is 109. The molecule has 94 heavy (non-hydrogen) atoms. The fraction of sp³-hybridized carbons (Fsp3) is 0.812. The van der Waals surface area contributed by atoms with Gasteiger partial charge in [-0.25, -0.2) is 20.0 Å². The van der Waals surface area contributed by atoms with Crippen molar-refractivity contribution >= 4 is 71.3 Å². The predicted molar refractivity (Wildman–Crippen MR) is 362 cm³/mol. The number of aliphatic hydroxyl groups is 2. The topological polar surface area (TPSA) is 564 Å². The third-order valence-corrected chi connectivity index (χ3v) is 19.2. The van der Waals surface area contributed by atoms with Crippen molar-refractivity contribution in [1.29, 1.82) is 0 Å². The van der Waals surface area contributed by atoms with Gasteiger partial charge in [-0.2, -0.15) is 0 Å². The number of aliphatic hydroxyl groups excluding tert-OH is 2. The lowest BCUT2D eigenvalue weighted by atomic mass is 9.79. The van der Waals surface area contributed by atoms with E-state index < -0.39 is 83.7 Å². The summed E-state index contributed by atoms with van der Waals surface area (Å²) in [5.74, 6) is -8.01. The Morgan fingerprint density at radius 3 is 0.851 bits per heavy atom. The van der Waals surface area contributed by atoms with Crippen molar-refractivity contribution in [2.24, 2.45) is 137 Å². The molecule has 0 saturated heterocycles. The number of hydrogen-bond donors (Lipinski definition) is 18. The van der Waals surface area contributed by atoms with Crippen LogP contribution in [0.5, 0.6) is 0 Å². The van der Waals surface area contributed by atoms with Gasteiger partial charge in [0.05, 0.1) is 60.0 Å². The average molecular weight is 1340 g/mol. The molecule has 0 aromatic heterocycles. The molecule has 0 aromatic carbocycles. The van der Waals surface area contributed by atoms with E-state index in [1.807, 2.05) is 13.8 Å². The number of nitrogens with two attached hydrogens (primary N) is 8. The Morgan fingerprint density at radius 2 is 0.606 bits per heavy atom. The molecule has 4 aliphatic rings. The predicted octanol–water partition coefficient (Wildman–Crippen LogP) is 2.22. The SMILES string of the molecule is CCC(CC)C(NC(C)=O)C1C(N=C(N)N)CC(C(=O)O)C1O.CCC(CC)C(NC(C)=O)C1CC(C(=O)O)CC1N=C(N)N.CCCC(CCC)C(NC(C)=O)C1C(N=C(N)N)CC(C(=O)O)C1O.CCCC(CCC)C(NC(C)=O)C1CC(C(=O)O)CC1N=C(N)N. The van der Waals surface area contributed by atoms with E-state index >= 15 is 0 Å². The molecule has 0 spiro atoms. The lowest BCUT2D eigenvalue weighted by Gasteiger charge is -2.36. The summed E-state index contributed by atoms with van der Waals surface area (Å²) in [6, 6.07) is -2.54. The molecule has 540 valence electrons. The molecule has 26 N–H and O–H groups in total. The Kier molecular flexibility index (Phi) is 38.1. The summed E-state index contributed by atoms with van der Waals surface area (Å²) in [5.41, 5.74) is 44.0. The number of carboxylic acid groups (broad SMARTS) is 4. The monoisotopic (exact) mass is 1340 g/mol. The first-order valence-electron chi connectivity index (χ1n) is 33.7. The molecule has 4 aliphatic carbocycles. The smallest absolute Gasteiger partial charge is 0.309 e. The number of carbonyl (C=O) groups is 8. The van der Waals surface area contributed by atoms with Gasteiger partial charge in [-0.1, -0.05) is 107 Å². The standard InChI is InChI=1S/C17H32N4O4.C17H32N4O3.C15H28N4O4.C15H28N4O3/c1-4-6-10(7-5-2)14(20-9(3)22)13-12(21-17(18)19)8-11(15(13)23)16(24)25;1-4-6-11(7-5-2)15(20-10(3)22)13-8-12(16(23)24)9-14(13)21-17(18)19;1-4-8(5-2)12(18-7(3)20)11-10(19-15(16)17)6-9(13(11)21)14(22)23;1-4-9(5-2)13(18-8(3)20)11-6-10(14(21)22)7-12(11)19-15(16)17/h10-15,23H,4-8H2,1-3H3,(H,20,22)(H,24,25)(H4,18,19,21);11-15H,4-9H2,1-3H3,(H,20,22)(H,23,24)(H4,18,19,21);8-13,21H,4-6H2,1-3H3,(H,18,20)(H,22,23)(H4,16,17,19);9-13H,4-7H2,1-3H3,(H,18,20)(H,21,22)(H4,16,17,19). The van der Waals surface area contributed by atoms with E-state index in [-0.39, 0.29) is 126 Å². The van der Waals surface area contributed by atoms with Crippen molar-refractivity contribution in [1.82, 2.24) is 21.3 Å². The van der Waals surface area contributed by atoms with Crippen LogP contribution in [-0.4, -0.2) is 163 Å². The second-order valence-corrected chi connectivity index (χ2v) is 26.1. The lowest BCUT2D eigenvalue weighted by molar-refractivity contribution is -0.146. The Morgan fingerprint density at radius 1 is 0.362 bits per heavy atom. The van der Waals surface area contributed by atoms with E-state index in [9.17, 15) is 69.0 Å². The third kappa shape index (κ3) is 26.9. The van der Waals surface area contributed by atoms with E-state index in [2.05, 4.69) is 82.8 Å². The van der Waals surface area contributed by atoms with Gasteiger partial charge in [-0.05, 0) is 87.9 Å². The van der Waals surface area contributed by atoms with E-state index in [0.717, 1.165) is 77.0 Å². The van der Waals surface area contributed by atoms with E-state index in [1.54, 1.807) is 0 Å². The van der Waals surface area contributed by atoms with Crippen molar-refractivity contribution in [2.45, 2.75) is 259 Å². The molecule has 30 nitrogen and oxygen atoms in total. The van der Waals surface area contributed by atoms with Gasteiger partial charge >= 0.3 is 23.9 Å². The quantitative estimate of drug-likeness (QED) is 0.0339. The van der Waals surface area contributed by atoms with Gasteiger partial charge in [0.1, 0.15) is 0 Å². The minimum absolute atomic E-state index is 0.0276. The Hall–Kier alpha value is -7.24. The molecule has 4 fully saturated rings. The Labute approximate surface area is 555 Å². The molecule has 0 radical (unpaired) electrons. The number of guanidine groups is 4. The number of hydrogen-bond acceptors (Lipinski definition) is 14. The number of carboxylic acids is 4. The molecule has 0 heterocycles. The molecule has 0 bridgehead atoms. The number of carbonyl (C=O) groups excluding carboxylic acids is 4. The van der Waals surface area contributed by atoms with Crippen LogP contribution < -0.4 is 67.1 Å². The summed E-state index contributed by atoms with van der Waals surface area (Å²) < 4.78 is 0. The molecule has 0 aromatic rings. The molecule has 4 amide bonds. The summed E-state index contributed by atoms with van der Waals surface area (Å²) in [7, 11) is 0. The molecule has 18 atom stereocenters. The minimum Gasteiger partial charge on any atom is -0.481 e. The fourth-order valence-corrected chi connectivity index (χ4v) is 15.3. The van der Waals surface area contributed by atoms with E-state index in [0.29, 0.717) is 31.6 Å². The maximum absolute atomic E-state index is 11.8. The van der Waals surface area contributed by atoms with Crippen LogP contribution in [0, 0.1) is 71.0 Å². The van der Waals surface area contributed by atoms with Crippen molar-refractivity contribution in [3.8, 4) is 0 Å². The highest BCUT2D eigenvalue weighted by Gasteiger charge is 2.53. The van der Waals surface area contributed by atoms with Crippen LogP contribution in [0.25, 0.3) is 0 Å². The summed E-state index contributed by atoms with van der Waals surface area (Å²) in [6.45, 7) is 22.3. The zero-order valence-corrected chi connectivity index (χ0v) is 57.8. The number of aliphatic carboxylic acids is 4. The van der Waals surface area contributed by atoms with E-state index in [1.165, 1.54) is 27.7 Å². The van der Waals surface area contributed by atoms with Crippen molar-refractivity contribution < 1.29 is 69.0 Å². The second-order valence-electron chi connectivity index (χ2n) is 26.1. The van der Waals surface area contributed by atoms with E-state index in [4.69, 9.17) is 45.9 Å². The molecule has 18 unspecified atom stereocenters. The first-order chi connectivity index (χ1) is 44.0. The normalized spacial score (nSPS) is 26.4. The van der Waals surface area contributed by atoms with Crippen LogP contribution >= 0.6 is 0 Å². The summed E-state index contributed by atoms with van der Waals surface area (Å²) in [5, 5.41) is 70.5. The fourth-order valence-electron chi connectivity index (χ4n) is 15.3. The molecular formula is C64H120N16O14. The second kappa shape index (κ2) is 42.2. The van der Waals surface area contributed by atoms with Gasteiger partial charge in [0.25, 0.3) is 0 Å². The molecular weight excluding hydrogens is 1220 g/mol.